The van der Waals surface area contributed by atoms with Crippen molar-refractivity contribution in [3.63, 3.8) is 0 Å². The lowest BCUT2D eigenvalue weighted by molar-refractivity contribution is -0.150. The number of fused-ring (bicyclic) bond motifs is 1. The zero-order chi connectivity index (χ0) is 14.8. The summed E-state index contributed by atoms with van der Waals surface area (Å²) >= 11 is 6.24. The number of piperidine rings is 1. The molecule has 2 aliphatic heterocycles. The minimum absolute atomic E-state index is 0.146. The summed E-state index contributed by atoms with van der Waals surface area (Å²) in [6, 6.07) is 8.13. The Hall–Kier alpha value is -1.10. The maximum Gasteiger partial charge on any atom is 0.219 e. The van der Waals surface area contributed by atoms with Crippen molar-refractivity contribution in [2.45, 2.75) is 32.0 Å². The highest BCUT2D eigenvalue weighted by Crippen LogP contribution is 2.25. The van der Waals surface area contributed by atoms with Gasteiger partial charge in [0.1, 0.15) is 0 Å². The van der Waals surface area contributed by atoms with Crippen molar-refractivity contribution < 1.29 is 9.53 Å². The van der Waals surface area contributed by atoms with E-state index in [1.165, 1.54) is 0 Å². The molecule has 0 N–H and O–H groups in total. The lowest BCUT2D eigenvalue weighted by atomic mass is 9.98. The molecule has 1 aromatic rings. The van der Waals surface area contributed by atoms with Crippen LogP contribution in [0.15, 0.2) is 24.3 Å². The van der Waals surface area contributed by atoms with Gasteiger partial charge in [-0.2, -0.15) is 0 Å². The second-order valence-corrected chi connectivity index (χ2v) is 6.21. The van der Waals surface area contributed by atoms with E-state index in [0.29, 0.717) is 13.2 Å². The Kier molecular flexibility index (Phi) is 4.48. The summed E-state index contributed by atoms with van der Waals surface area (Å²) in [5, 5.41) is 0.808. The predicted molar refractivity (Wildman–Crippen MR) is 82.3 cm³/mol. The highest BCUT2D eigenvalue weighted by molar-refractivity contribution is 6.31. The van der Waals surface area contributed by atoms with E-state index in [9.17, 15) is 4.79 Å². The molecule has 0 saturated carbocycles. The van der Waals surface area contributed by atoms with E-state index in [1.54, 1.807) is 6.92 Å². The van der Waals surface area contributed by atoms with Crippen LogP contribution in [0.25, 0.3) is 0 Å². The van der Waals surface area contributed by atoms with Crippen molar-refractivity contribution >= 4 is 17.5 Å². The summed E-state index contributed by atoms with van der Waals surface area (Å²) in [7, 11) is 0. The quantitative estimate of drug-likeness (QED) is 0.839. The smallest absolute Gasteiger partial charge is 0.219 e. The average Bonchev–Trinajstić information content (AvgIpc) is 2.49. The minimum Gasteiger partial charge on any atom is -0.374 e. The molecule has 0 radical (unpaired) electrons. The highest BCUT2D eigenvalue weighted by Gasteiger charge is 2.38. The van der Waals surface area contributed by atoms with Crippen LogP contribution in [0.1, 0.15) is 18.9 Å². The van der Waals surface area contributed by atoms with Crippen molar-refractivity contribution in [1.29, 1.82) is 0 Å². The summed E-state index contributed by atoms with van der Waals surface area (Å²) in [5.74, 6) is 0.146. The molecule has 0 spiro atoms. The molecular formula is C16H21ClN2O2. The molecule has 114 valence electrons. The maximum atomic E-state index is 11.8. The first kappa shape index (κ1) is 14.8. The van der Waals surface area contributed by atoms with Crippen LogP contribution in [0.2, 0.25) is 5.02 Å². The molecular weight excluding hydrogens is 288 g/mol. The molecule has 3 rings (SSSR count). The molecule has 5 heteroatoms. The molecule has 1 amide bonds. The molecule has 2 fully saturated rings. The molecule has 0 aliphatic carbocycles. The number of amides is 1. The third-order valence-corrected chi connectivity index (χ3v) is 4.79. The van der Waals surface area contributed by atoms with Gasteiger partial charge in [0.05, 0.1) is 18.8 Å². The van der Waals surface area contributed by atoms with Gasteiger partial charge in [0, 0.05) is 38.1 Å². The molecule has 0 bridgehead atoms. The topological polar surface area (TPSA) is 32.8 Å². The van der Waals surface area contributed by atoms with Gasteiger partial charge in [0.2, 0.25) is 5.91 Å². The number of hydrogen-bond donors (Lipinski definition) is 0. The summed E-state index contributed by atoms with van der Waals surface area (Å²) in [6.07, 6.45) is 1.16. The Labute approximate surface area is 130 Å². The lowest BCUT2D eigenvalue weighted by Gasteiger charge is -2.46. The number of nitrogens with zero attached hydrogens (tertiary/aromatic N) is 2. The number of carbonyl (C=O) groups excluding carboxylic acids is 1. The van der Waals surface area contributed by atoms with Crippen LogP contribution in [-0.4, -0.2) is 54.1 Å². The fourth-order valence-electron chi connectivity index (χ4n) is 3.34. The highest BCUT2D eigenvalue weighted by atomic mass is 35.5. The maximum absolute atomic E-state index is 11.8. The van der Waals surface area contributed by atoms with Crippen LogP contribution in [0.3, 0.4) is 0 Å². The first-order valence-electron chi connectivity index (χ1n) is 7.49. The van der Waals surface area contributed by atoms with Gasteiger partial charge in [-0.15, -0.1) is 0 Å². The van der Waals surface area contributed by atoms with Crippen LogP contribution in [0.4, 0.5) is 0 Å². The van der Waals surface area contributed by atoms with E-state index in [2.05, 4.69) is 11.0 Å². The summed E-state index contributed by atoms with van der Waals surface area (Å²) in [4.78, 5) is 16.1. The lowest BCUT2D eigenvalue weighted by Crippen LogP contribution is -2.60. The first-order chi connectivity index (χ1) is 10.1. The van der Waals surface area contributed by atoms with E-state index in [-0.39, 0.29) is 18.1 Å². The number of hydrogen-bond acceptors (Lipinski definition) is 3. The molecule has 0 aromatic heterocycles. The van der Waals surface area contributed by atoms with Gasteiger partial charge >= 0.3 is 0 Å². The Morgan fingerprint density at radius 2 is 2.19 bits per heavy atom. The summed E-state index contributed by atoms with van der Waals surface area (Å²) in [6.45, 7) is 5.68. The van der Waals surface area contributed by atoms with Crippen molar-refractivity contribution in [2.75, 3.05) is 26.2 Å². The molecule has 21 heavy (non-hydrogen) atoms. The SMILES string of the molecule is CC(=O)N1CCO[C@@H]2CCN(Cc3ccccc3Cl)C[C@H]21. The molecule has 0 unspecified atom stereocenters. The number of benzene rings is 1. The van der Waals surface area contributed by atoms with Crippen LogP contribution in [0.5, 0.6) is 0 Å². The normalized spacial score (nSPS) is 26.5. The van der Waals surface area contributed by atoms with Gasteiger partial charge in [-0.3, -0.25) is 9.69 Å². The van der Waals surface area contributed by atoms with Crippen molar-refractivity contribution in [3.8, 4) is 0 Å². The monoisotopic (exact) mass is 308 g/mol. The average molecular weight is 309 g/mol. The van der Waals surface area contributed by atoms with Gasteiger partial charge in [-0.1, -0.05) is 29.8 Å². The van der Waals surface area contributed by atoms with Crippen LogP contribution in [-0.2, 0) is 16.1 Å². The van der Waals surface area contributed by atoms with E-state index in [4.69, 9.17) is 16.3 Å². The van der Waals surface area contributed by atoms with E-state index in [1.807, 2.05) is 23.1 Å². The summed E-state index contributed by atoms with van der Waals surface area (Å²) < 4.78 is 5.84. The standard InChI is InChI=1S/C16H21ClN2O2/c1-12(20)19-8-9-21-16-6-7-18(11-15(16)19)10-13-4-2-3-5-14(13)17/h2-5,15-16H,6-11H2,1H3/t15-,16-/m1/s1. The summed E-state index contributed by atoms with van der Waals surface area (Å²) in [5.41, 5.74) is 1.14. The fraction of sp³-hybridized carbons (Fsp3) is 0.562. The Morgan fingerprint density at radius 1 is 1.38 bits per heavy atom. The molecule has 2 heterocycles. The largest absolute Gasteiger partial charge is 0.374 e. The van der Waals surface area contributed by atoms with Gasteiger partial charge in [-0.05, 0) is 18.1 Å². The van der Waals surface area contributed by atoms with Crippen molar-refractivity contribution in [2.24, 2.45) is 0 Å². The molecule has 2 aliphatic rings. The number of carbonyl (C=O) groups is 1. The van der Waals surface area contributed by atoms with Gasteiger partial charge in [0.15, 0.2) is 0 Å². The second-order valence-electron chi connectivity index (χ2n) is 5.80. The molecule has 4 nitrogen and oxygen atoms in total. The molecule has 2 saturated heterocycles. The number of rotatable bonds is 2. The molecule has 1 aromatic carbocycles. The second kappa shape index (κ2) is 6.34. The number of morpholine rings is 1. The number of likely N-dealkylation sites (tertiary alicyclic amines) is 1. The van der Waals surface area contributed by atoms with Crippen molar-refractivity contribution in [1.82, 2.24) is 9.80 Å². The third kappa shape index (κ3) is 3.23. The zero-order valence-electron chi connectivity index (χ0n) is 12.3. The zero-order valence-corrected chi connectivity index (χ0v) is 13.1. The first-order valence-corrected chi connectivity index (χ1v) is 7.87. The van der Waals surface area contributed by atoms with E-state index in [0.717, 1.165) is 36.6 Å². The van der Waals surface area contributed by atoms with Gasteiger partial charge in [0.25, 0.3) is 0 Å². The van der Waals surface area contributed by atoms with E-state index < -0.39 is 0 Å². The van der Waals surface area contributed by atoms with Crippen LogP contribution in [0, 0.1) is 0 Å². The van der Waals surface area contributed by atoms with Gasteiger partial charge < -0.3 is 9.64 Å². The predicted octanol–water partition coefficient (Wildman–Crippen LogP) is 2.16. The number of halogens is 1. The minimum atomic E-state index is 0.146. The van der Waals surface area contributed by atoms with Crippen LogP contribution >= 0.6 is 11.6 Å². The number of ether oxygens (including phenoxy) is 1. The fourth-order valence-corrected chi connectivity index (χ4v) is 3.54. The van der Waals surface area contributed by atoms with Crippen LogP contribution < -0.4 is 0 Å². The Bertz CT molecular complexity index is 523. The van der Waals surface area contributed by atoms with E-state index >= 15 is 0 Å². The van der Waals surface area contributed by atoms with Crippen molar-refractivity contribution in [3.05, 3.63) is 34.9 Å². The Balaban J connectivity index is 1.69. The third-order valence-electron chi connectivity index (χ3n) is 4.42. The van der Waals surface area contributed by atoms with Gasteiger partial charge in [-0.25, -0.2) is 0 Å². The molecule has 2 atom stereocenters. The Morgan fingerprint density at radius 3 is 2.95 bits per heavy atom.